The molecule has 0 aromatic rings. The minimum absolute atomic E-state index is 0.0421. The highest BCUT2D eigenvalue weighted by atomic mass is 16.5. The third kappa shape index (κ3) is 6.22. The van der Waals surface area contributed by atoms with Gasteiger partial charge in [0.25, 0.3) is 0 Å². The zero-order chi connectivity index (χ0) is 15.9. The first-order valence-corrected chi connectivity index (χ1v) is 8.22. The summed E-state index contributed by atoms with van der Waals surface area (Å²) in [6.07, 6.45) is 2.27. The Morgan fingerprint density at radius 2 is 1.90 bits per heavy atom. The Morgan fingerprint density at radius 3 is 2.38 bits per heavy atom. The molecule has 5 heteroatoms. The van der Waals surface area contributed by atoms with Crippen LogP contribution >= 0.6 is 0 Å². The van der Waals surface area contributed by atoms with Crippen LogP contribution in [0.3, 0.4) is 0 Å². The summed E-state index contributed by atoms with van der Waals surface area (Å²) < 4.78 is 5.79. The summed E-state index contributed by atoms with van der Waals surface area (Å²) in [5.41, 5.74) is -0.0421. The van der Waals surface area contributed by atoms with E-state index in [0.717, 1.165) is 45.0 Å². The first kappa shape index (κ1) is 18.2. The maximum Gasteiger partial charge on any atom is 0.191 e. The summed E-state index contributed by atoms with van der Waals surface area (Å²) in [5, 5.41) is 6.77. The van der Waals surface area contributed by atoms with E-state index in [-0.39, 0.29) is 5.60 Å². The Labute approximate surface area is 130 Å². The van der Waals surface area contributed by atoms with Gasteiger partial charge < -0.3 is 15.4 Å². The molecule has 0 aromatic heterocycles. The van der Waals surface area contributed by atoms with Crippen LogP contribution < -0.4 is 10.6 Å². The standard InChI is InChI=1S/C16H34N4O/c1-13(2)20(14(3)4)10-9-18-15(17-6)19-12-16(5)8-7-11-21-16/h13-14H,7-12H2,1-6H3,(H2,17,18,19). The van der Waals surface area contributed by atoms with Crippen molar-refractivity contribution in [2.45, 2.75) is 65.1 Å². The predicted octanol–water partition coefficient (Wildman–Crippen LogP) is 1.84. The smallest absolute Gasteiger partial charge is 0.191 e. The summed E-state index contributed by atoms with van der Waals surface area (Å²) >= 11 is 0. The highest BCUT2D eigenvalue weighted by molar-refractivity contribution is 5.79. The molecular formula is C16H34N4O. The monoisotopic (exact) mass is 298 g/mol. The summed E-state index contributed by atoms with van der Waals surface area (Å²) in [6, 6.07) is 1.13. The van der Waals surface area contributed by atoms with E-state index in [1.165, 1.54) is 0 Å². The van der Waals surface area contributed by atoms with Crippen LogP contribution in [0, 0.1) is 0 Å². The summed E-state index contributed by atoms with van der Waals surface area (Å²) in [7, 11) is 1.82. The van der Waals surface area contributed by atoms with E-state index in [1.807, 2.05) is 7.05 Å². The maximum absolute atomic E-state index is 5.79. The zero-order valence-electron chi connectivity index (χ0n) is 14.7. The van der Waals surface area contributed by atoms with E-state index in [4.69, 9.17) is 4.74 Å². The van der Waals surface area contributed by atoms with Gasteiger partial charge in [0.05, 0.1) is 5.60 Å². The van der Waals surface area contributed by atoms with Crippen LogP contribution in [-0.2, 0) is 4.74 Å². The van der Waals surface area contributed by atoms with Crippen molar-refractivity contribution in [2.75, 3.05) is 33.3 Å². The van der Waals surface area contributed by atoms with Crippen LogP contribution in [0.1, 0.15) is 47.5 Å². The lowest BCUT2D eigenvalue weighted by Gasteiger charge is -2.31. The van der Waals surface area contributed by atoms with Gasteiger partial charge in [-0.1, -0.05) is 0 Å². The number of ether oxygens (including phenoxy) is 1. The molecule has 1 aliphatic rings. The van der Waals surface area contributed by atoms with E-state index in [2.05, 4.69) is 55.1 Å². The molecule has 124 valence electrons. The number of guanidine groups is 1. The van der Waals surface area contributed by atoms with Crippen LogP contribution in [0.25, 0.3) is 0 Å². The van der Waals surface area contributed by atoms with E-state index >= 15 is 0 Å². The molecule has 0 amide bonds. The number of aliphatic imine (C=N–C) groups is 1. The van der Waals surface area contributed by atoms with Gasteiger partial charge in [-0.3, -0.25) is 9.89 Å². The zero-order valence-corrected chi connectivity index (χ0v) is 14.7. The predicted molar refractivity (Wildman–Crippen MR) is 89.9 cm³/mol. The molecule has 1 atom stereocenters. The van der Waals surface area contributed by atoms with Crippen molar-refractivity contribution >= 4 is 5.96 Å². The molecule has 1 fully saturated rings. The lowest BCUT2D eigenvalue weighted by atomic mass is 10.0. The molecule has 1 rings (SSSR count). The van der Waals surface area contributed by atoms with Gasteiger partial charge in [0.1, 0.15) is 0 Å². The van der Waals surface area contributed by atoms with Gasteiger partial charge in [-0.2, -0.15) is 0 Å². The SMILES string of the molecule is CN=C(NCCN(C(C)C)C(C)C)NCC1(C)CCCO1. The highest BCUT2D eigenvalue weighted by Crippen LogP contribution is 2.23. The number of rotatable bonds is 7. The van der Waals surface area contributed by atoms with Crippen molar-refractivity contribution in [3.05, 3.63) is 0 Å². The fraction of sp³-hybridized carbons (Fsp3) is 0.938. The lowest BCUT2D eigenvalue weighted by Crippen LogP contribution is -2.48. The molecule has 0 radical (unpaired) electrons. The molecule has 0 aromatic carbocycles. The second-order valence-corrected chi connectivity index (χ2v) is 6.68. The molecule has 0 aliphatic carbocycles. The molecular weight excluding hydrogens is 264 g/mol. The fourth-order valence-electron chi connectivity index (χ4n) is 2.88. The van der Waals surface area contributed by atoms with Gasteiger partial charge >= 0.3 is 0 Å². The molecule has 21 heavy (non-hydrogen) atoms. The number of hydrogen-bond donors (Lipinski definition) is 2. The van der Waals surface area contributed by atoms with Crippen molar-refractivity contribution in [2.24, 2.45) is 4.99 Å². The summed E-state index contributed by atoms with van der Waals surface area (Å²) in [5.74, 6) is 0.860. The highest BCUT2D eigenvalue weighted by Gasteiger charge is 2.29. The molecule has 5 nitrogen and oxygen atoms in total. The second-order valence-electron chi connectivity index (χ2n) is 6.68. The maximum atomic E-state index is 5.79. The van der Waals surface area contributed by atoms with Crippen LogP contribution in [0.15, 0.2) is 4.99 Å². The van der Waals surface area contributed by atoms with Crippen molar-refractivity contribution < 1.29 is 4.74 Å². The van der Waals surface area contributed by atoms with E-state index in [9.17, 15) is 0 Å². The molecule has 0 saturated carbocycles. The normalized spacial score (nSPS) is 23.4. The summed E-state index contributed by atoms with van der Waals surface area (Å²) in [6.45, 7) is 14.7. The Morgan fingerprint density at radius 1 is 1.24 bits per heavy atom. The quantitative estimate of drug-likeness (QED) is 0.556. The molecule has 1 aliphatic heterocycles. The number of nitrogens with one attached hydrogen (secondary N) is 2. The molecule has 1 heterocycles. The minimum atomic E-state index is -0.0421. The second kappa shape index (κ2) is 8.59. The number of hydrogen-bond acceptors (Lipinski definition) is 3. The first-order chi connectivity index (χ1) is 9.88. The van der Waals surface area contributed by atoms with E-state index in [1.54, 1.807) is 0 Å². The lowest BCUT2D eigenvalue weighted by molar-refractivity contribution is 0.0242. The van der Waals surface area contributed by atoms with Gasteiger partial charge in [0.15, 0.2) is 5.96 Å². The third-order valence-electron chi connectivity index (χ3n) is 4.14. The van der Waals surface area contributed by atoms with Crippen molar-refractivity contribution in [1.82, 2.24) is 15.5 Å². The Hall–Kier alpha value is -0.810. The molecule has 2 N–H and O–H groups in total. The fourth-order valence-corrected chi connectivity index (χ4v) is 2.88. The summed E-state index contributed by atoms with van der Waals surface area (Å²) in [4.78, 5) is 6.76. The van der Waals surface area contributed by atoms with Gasteiger partial charge in [0, 0.05) is 45.4 Å². The largest absolute Gasteiger partial charge is 0.373 e. The van der Waals surface area contributed by atoms with Gasteiger partial charge in [0.2, 0.25) is 0 Å². The van der Waals surface area contributed by atoms with Crippen LogP contribution in [0.5, 0.6) is 0 Å². The molecule has 0 spiro atoms. The average Bonchev–Trinajstić information content (AvgIpc) is 2.84. The Kier molecular flexibility index (Phi) is 7.46. The molecule has 0 bridgehead atoms. The van der Waals surface area contributed by atoms with Gasteiger partial charge in [-0.15, -0.1) is 0 Å². The molecule has 1 unspecified atom stereocenters. The third-order valence-corrected chi connectivity index (χ3v) is 4.14. The topological polar surface area (TPSA) is 48.9 Å². The first-order valence-electron chi connectivity index (χ1n) is 8.22. The van der Waals surface area contributed by atoms with E-state index < -0.39 is 0 Å². The Bertz CT molecular complexity index is 314. The van der Waals surface area contributed by atoms with Gasteiger partial charge in [-0.05, 0) is 47.5 Å². The van der Waals surface area contributed by atoms with Crippen molar-refractivity contribution in [3.8, 4) is 0 Å². The van der Waals surface area contributed by atoms with Crippen LogP contribution in [-0.4, -0.2) is 61.8 Å². The van der Waals surface area contributed by atoms with Gasteiger partial charge in [-0.25, -0.2) is 0 Å². The van der Waals surface area contributed by atoms with Crippen molar-refractivity contribution in [3.63, 3.8) is 0 Å². The van der Waals surface area contributed by atoms with E-state index in [0.29, 0.717) is 12.1 Å². The van der Waals surface area contributed by atoms with Crippen LogP contribution in [0.4, 0.5) is 0 Å². The molecule has 1 saturated heterocycles. The van der Waals surface area contributed by atoms with Crippen LogP contribution in [0.2, 0.25) is 0 Å². The Balaban J connectivity index is 2.31. The average molecular weight is 298 g/mol. The van der Waals surface area contributed by atoms with Crippen molar-refractivity contribution in [1.29, 1.82) is 0 Å². The number of nitrogens with zero attached hydrogens (tertiary/aromatic N) is 2. The minimum Gasteiger partial charge on any atom is -0.373 e.